The quantitative estimate of drug-likeness (QED) is 0.226. The van der Waals surface area contributed by atoms with Gasteiger partial charge in [-0.05, 0) is 62.2 Å². The Morgan fingerprint density at radius 2 is 1.74 bits per heavy atom. The Kier molecular flexibility index (Phi) is 8.80. The number of nitrogens with one attached hydrogen (secondary N) is 2. The Hall–Kier alpha value is -5.32. The Labute approximate surface area is 242 Å². The lowest BCUT2D eigenvalue weighted by Crippen LogP contribution is -2.51. The zero-order valence-electron chi connectivity index (χ0n) is 23.4. The van der Waals surface area contributed by atoms with Gasteiger partial charge >= 0.3 is 0 Å². The van der Waals surface area contributed by atoms with Gasteiger partial charge in [0, 0.05) is 28.8 Å². The molecule has 4 rings (SSSR count). The minimum absolute atomic E-state index is 0.0603. The van der Waals surface area contributed by atoms with E-state index in [0.29, 0.717) is 45.6 Å². The van der Waals surface area contributed by atoms with Crippen LogP contribution >= 0.6 is 0 Å². The van der Waals surface area contributed by atoms with Crippen LogP contribution in [0.2, 0.25) is 0 Å². The van der Waals surface area contributed by atoms with Crippen molar-refractivity contribution in [2.24, 2.45) is 4.99 Å². The maximum absolute atomic E-state index is 14.0. The van der Waals surface area contributed by atoms with Crippen LogP contribution in [0.25, 0.3) is 0 Å². The second-order valence-electron chi connectivity index (χ2n) is 10.1. The predicted octanol–water partition coefficient (Wildman–Crippen LogP) is 2.19. The van der Waals surface area contributed by atoms with E-state index in [9.17, 15) is 29.1 Å². The van der Waals surface area contributed by atoms with Gasteiger partial charge in [-0.1, -0.05) is 30.3 Å². The van der Waals surface area contributed by atoms with Crippen molar-refractivity contribution in [2.75, 3.05) is 17.2 Å². The van der Waals surface area contributed by atoms with Crippen LogP contribution in [0.1, 0.15) is 46.0 Å². The summed E-state index contributed by atoms with van der Waals surface area (Å²) in [4.78, 5) is 69.3. The van der Waals surface area contributed by atoms with E-state index in [-0.39, 0.29) is 23.5 Å². The molecule has 3 aromatic carbocycles. The molecular formula is C31H31N5O6. The summed E-state index contributed by atoms with van der Waals surface area (Å²) in [6.07, 6.45) is -1.19. The molecule has 3 aromatic rings. The molecule has 0 saturated heterocycles. The molecule has 1 unspecified atom stereocenters. The van der Waals surface area contributed by atoms with Gasteiger partial charge in [0.2, 0.25) is 12.1 Å². The second kappa shape index (κ2) is 12.5. The third kappa shape index (κ3) is 6.52. The summed E-state index contributed by atoms with van der Waals surface area (Å²) in [5.74, 6) is -2.25. The molecule has 2 atom stereocenters. The molecule has 0 aliphatic carbocycles. The number of carbonyl (C=O) groups is 5. The number of nitrogens with two attached hydrogens (primary N) is 1. The number of aldehydes is 1. The van der Waals surface area contributed by atoms with Crippen LogP contribution in [0.15, 0.2) is 65.7 Å². The van der Waals surface area contributed by atoms with Crippen molar-refractivity contribution in [3.63, 3.8) is 0 Å². The van der Waals surface area contributed by atoms with Crippen molar-refractivity contribution in [3.05, 3.63) is 88.5 Å². The SMILES string of the molecule is CC(=O)C[C@@H](C=O)NC(=O)CN1C(=O)C(NC(=O)c2cc(C)c(O)c(C)c2)N=C(c2ccccc2)c2cc(N)ccc21. The number of benzene rings is 3. The number of phenolic OH excluding ortho intramolecular Hbond substituents is 1. The van der Waals surface area contributed by atoms with Crippen LogP contribution in [0.4, 0.5) is 11.4 Å². The zero-order valence-corrected chi connectivity index (χ0v) is 23.4. The van der Waals surface area contributed by atoms with Crippen molar-refractivity contribution in [1.82, 2.24) is 10.6 Å². The largest absolute Gasteiger partial charge is 0.507 e. The summed E-state index contributed by atoms with van der Waals surface area (Å²) < 4.78 is 0. The maximum atomic E-state index is 14.0. The summed E-state index contributed by atoms with van der Waals surface area (Å²) in [5.41, 5.74) is 9.44. The monoisotopic (exact) mass is 569 g/mol. The number of hydrogen-bond donors (Lipinski definition) is 4. The number of carbonyl (C=O) groups excluding carboxylic acids is 5. The number of phenols is 1. The number of aromatic hydroxyl groups is 1. The number of fused-ring (bicyclic) bond motifs is 1. The van der Waals surface area contributed by atoms with Crippen LogP contribution in [0.3, 0.4) is 0 Å². The average molecular weight is 570 g/mol. The third-order valence-electron chi connectivity index (χ3n) is 6.71. The van der Waals surface area contributed by atoms with E-state index >= 15 is 0 Å². The fraction of sp³-hybridized carbons (Fsp3) is 0.226. The van der Waals surface area contributed by atoms with E-state index in [0.717, 1.165) is 4.90 Å². The van der Waals surface area contributed by atoms with Gasteiger partial charge in [-0.25, -0.2) is 4.99 Å². The topological polar surface area (TPSA) is 171 Å². The number of ketones is 1. The highest BCUT2D eigenvalue weighted by Crippen LogP contribution is 2.30. The highest BCUT2D eigenvalue weighted by atomic mass is 16.3. The van der Waals surface area contributed by atoms with Crippen molar-refractivity contribution >= 4 is 46.9 Å². The molecule has 0 saturated carbocycles. The Bertz CT molecular complexity index is 1580. The van der Waals surface area contributed by atoms with E-state index in [2.05, 4.69) is 15.6 Å². The lowest BCUT2D eigenvalue weighted by atomic mass is 9.99. The number of aliphatic imine (C=N–C) groups is 1. The van der Waals surface area contributed by atoms with Gasteiger partial charge < -0.3 is 26.3 Å². The van der Waals surface area contributed by atoms with Gasteiger partial charge in [0.05, 0.1) is 17.4 Å². The van der Waals surface area contributed by atoms with E-state index in [1.54, 1.807) is 56.3 Å². The molecular weight excluding hydrogens is 538 g/mol. The Morgan fingerprint density at radius 1 is 1.07 bits per heavy atom. The molecule has 0 spiro atoms. The summed E-state index contributed by atoms with van der Waals surface area (Å²) >= 11 is 0. The zero-order chi connectivity index (χ0) is 30.6. The highest BCUT2D eigenvalue weighted by Gasteiger charge is 2.35. The smallest absolute Gasteiger partial charge is 0.272 e. The molecule has 11 heteroatoms. The number of aryl methyl sites for hydroxylation is 2. The van der Waals surface area contributed by atoms with Crippen LogP contribution in [0.5, 0.6) is 5.75 Å². The van der Waals surface area contributed by atoms with Gasteiger partial charge in [0.15, 0.2) is 0 Å². The normalized spacial score (nSPS) is 15.1. The van der Waals surface area contributed by atoms with Crippen molar-refractivity contribution in [1.29, 1.82) is 0 Å². The lowest BCUT2D eigenvalue weighted by molar-refractivity contribution is -0.126. The molecule has 5 N–H and O–H groups in total. The molecule has 0 radical (unpaired) electrons. The van der Waals surface area contributed by atoms with Gasteiger partial charge in [0.25, 0.3) is 11.8 Å². The van der Waals surface area contributed by atoms with Crippen molar-refractivity contribution in [2.45, 2.75) is 39.4 Å². The van der Waals surface area contributed by atoms with Gasteiger partial charge in [-0.15, -0.1) is 0 Å². The number of Topliss-reactive ketones (excluding diaryl/α,β-unsaturated/α-hetero) is 1. The maximum Gasteiger partial charge on any atom is 0.272 e. The molecule has 3 amide bonds. The van der Waals surface area contributed by atoms with Gasteiger partial charge in [0.1, 0.15) is 24.4 Å². The molecule has 1 aliphatic heterocycles. The molecule has 0 fully saturated rings. The fourth-order valence-corrected chi connectivity index (χ4v) is 4.72. The molecule has 0 bridgehead atoms. The molecule has 0 aromatic heterocycles. The molecule has 1 heterocycles. The number of amides is 3. The highest BCUT2D eigenvalue weighted by molar-refractivity contribution is 6.21. The van der Waals surface area contributed by atoms with Gasteiger partial charge in [-0.2, -0.15) is 0 Å². The minimum atomic E-state index is -1.46. The third-order valence-corrected chi connectivity index (χ3v) is 6.71. The van der Waals surface area contributed by atoms with Crippen LogP contribution in [-0.2, 0) is 19.2 Å². The summed E-state index contributed by atoms with van der Waals surface area (Å²) in [7, 11) is 0. The number of benzodiazepines with no additional fused rings is 1. The van der Waals surface area contributed by atoms with E-state index in [1.807, 2.05) is 6.07 Å². The number of hydrogen-bond acceptors (Lipinski definition) is 8. The summed E-state index contributed by atoms with van der Waals surface area (Å²) in [5, 5.41) is 15.3. The van der Waals surface area contributed by atoms with E-state index in [1.165, 1.54) is 19.1 Å². The first-order valence-corrected chi connectivity index (χ1v) is 13.2. The predicted molar refractivity (Wildman–Crippen MR) is 157 cm³/mol. The van der Waals surface area contributed by atoms with E-state index in [4.69, 9.17) is 5.73 Å². The number of nitrogen functional groups attached to an aromatic ring is 1. The first kappa shape index (κ1) is 29.7. The average Bonchev–Trinajstić information content (AvgIpc) is 3.05. The lowest BCUT2D eigenvalue weighted by Gasteiger charge is -2.26. The molecule has 1 aliphatic rings. The number of rotatable bonds is 9. The number of nitrogens with zero attached hydrogens (tertiary/aromatic N) is 2. The van der Waals surface area contributed by atoms with Gasteiger partial charge in [-0.3, -0.25) is 24.1 Å². The van der Waals surface area contributed by atoms with Crippen LogP contribution < -0.4 is 21.3 Å². The molecule has 42 heavy (non-hydrogen) atoms. The van der Waals surface area contributed by atoms with E-state index < -0.39 is 36.5 Å². The van der Waals surface area contributed by atoms with Crippen molar-refractivity contribution in [3.8, 4) is 5.75 Å². The summed E-state index contributed by atoms with van der Waals surface area (Å²) in [6.45, 7) is 4.08. The first-order chi connectivity index (χ1) is 20.0. The Morgan fingerprint density at radius 3 is 2.36 bits per heavy atom. The fourth-order valence-electron chi connectivity index (χ4n) is 4.72. The standard InChI is InChI=1S/C31H31N5O6/c1-17-11-21(12-18(2)28(17)40)30(41)35-29-31(42)36(15-26(39)33-23(16-37)13-19(3)38)25-10-9-22(32)14-24(25)27(34-29)20-7-5-4-6-8-20/h4-12,14,16,23,29,40H,13,15,32H2,1-3H3,(H,33,39)(H,35,41)/t23-,29?/m0/s1. The minimum Gasteiger partial charge on any atom is -0.507 e. The first-order valence-electron chi connectivity index (χ1n) is 13.2. The second-order valence-corrected chi connectivity index (χ2v) is 10.1. The van der Waals surface area contributed by atoms with Crippen molar-refractivity contribution < 1.29 is 29.1 Å². The molecule has 216 valence electrons. The molecule has 11 nitrogen and oxygen atoms in total. The summed E-state index contributed by atoms with van der Waals surface area (Å²) in [6, 6.07) is 15.7. The number of anilines is 2. The van der Waals surface area contributed by atoms with Crippen LogP contribution in [0, 0.1) is 13.8 Å². The Balaban J connectivity index is 1.78. The van der Waals surface area contributed by atoms with Crippen LogP contribution in [-0.4, -0.2) is 59.4 Å².